The minimum atomic E-state index is -3.69. The van der Waals surface area contributed by atoms with Crippen molar-refractivity contribution in [2.45, 2.75) is 25.7 Å². The number of nitrogens with zero attached hydrogens (tertiary/aromatic N) is 3. The number of carbonyl (C=O) groups is 1. The fraction of sp³-hybridized carbons (Fsp3) is 0.143. The topological polar surface area (TPSA) is 83.8 Å². The Balaban J connectivity index is 1.45. The predicted molar refractivity (Wildman–Crippen MR) is 144 cm³/mol. The summed E-state index contributed by atoms with van der Waals surface area (Å²) >= 11 is 0. The van der Waals surface area contributed by atoms with Crippen molar-refractivity contribution in [3.8, 4) is 5.69 Å². The lowest BCUT2D eigenvalue weighted by Gasteiger charge is -2.19. The molecule has 0 bridgehead atoms. The van der Waals surface area contributed by atoms with Gasteiger partial charge in [0.2, 0.25) is 0 Å². The molecule has 3 aromatic carbocycles. The van der Waals surface area contributed by atoms with Gasteiger partial charge in [-0.25, -0.2) is 13.8 Å². The van der Waals surface area contributed by atoms with E-state index in [9.17, 15) is 13.2 Å². The maximum atomic E-state index is 12.8. The van der Waals surface area contributed by atoms with E-state index in [4.69, 9.17) is 0 Å². The highest BCUT2D eigenvalue weighted by Gasteiger charge is 2.21. The third-order valence-electron chi connectivity index (χ3n) is 5.99. The summed E-state index contributed by atoms with van der Waals surface area (Å²) in [6.07, 6.45) is 1.63. The number of hydrazone groups is 1. The van der Waals surface area contributed by atoms with Crippen molar-refractivity contribution in [1.82, 2.24) is 9.99 Å². The zero-order chi connectivity index (χ0) is 25.9. The molecular weight excluding hydrogens is 472 g/mol. The number of nitrogens with one attached hydrogen (secondary N) is 1. The standard InChI is InChI=1S/C28H28N4O3S/c1-20-9-8-10-26(17-20)32-21(2)18-24(22(32)3)19-29-30-28(33)23-13-15-25(16-14-23)31(4)36(34,35)27-11-6-5-7-12-27/h5-19H,1-4H3,(H,30,33)/b29-19-. The summed E-state index contributed by atoms with van der Waals surface area (Å²) in [6, 6.07) is 24.8. The van der Waals surface area contributed by atoms with Crippen LogP contribution in [0.25, 0.3) is 5.69 Å². The summed E-state index contributed by atoms with van der Waals surface area (Å²) in [4.78, 5) is 12.8. The average Bonchev–Trinajstić information content (AvgIpc) is 3.16. The number of hydrogen-bond acceptors (Lipinski definition) is 4. The zero-order valence-corrected chi connectivity index (χ0v) is 21.5. The van der Waals surface area contributed by atoms with Crippen LogP contribution in [0.1, 0.15) is 32.9 Å². The molecule has 1 N–H and O–H groups in total. The van der Waals surface area contributed by atoms with Gasteiger partial charge in [-0.15, -0.1) is 0 Å². The van der Waals surface area contributed by atoms with E-state index in [1.807, 2.05) is 26.0 Å². The molecule has 4 rings (SSSR count). The maximum Gasteiger partial charge on any atom is 0.271 e. The second-order valence-electron chi connectivity index (χ2n) is 8.53. The van der Waals surface area contributed by atoms with Crippen molar-refractivity contribution in [3.05, 3.63) is 113 Å². The van der Waals surface area contributed by atoms with Crippen LogP contribution in [0.5, 0.6) is 0 Å². The minimum absolute atomic E-state index is 0.199. The monoisotopic (exact) mass is 500 g/mol. The van der Waals surface area contributed by atoms with E-state index < -0.39 is 10.0 Å². The first kappa shape index (κ1) is 24.9. The van der Waals surface area contributed by atoms with E-state index in [-0.39, 0.29) is 10.8 Å². The summed E-state index contributed by atoms with van der Waals surface area (Å²) in [7, 11) is -2.21. The van der Waals surface area contributed by atoms with Crippen LogP contribution in [0.3, 0.4) is 0 Å². The van der Waals surface area contributed by atoms with Gasteiger partial charge in [-0.1, -0.05) is 30.3 Å². The zero-order valence-electron chi connectivity index (χ0n) is 20.6. The first-order valence-electron chi connectivity index (χ1n) is 11.4. The van der Waals surface area contributed by atoms with Gasteiger partial charge in [0.25, 0.3) is 15.9 Å². The summed E-state index contributed by atoms with van der Waals surface area (Å²) in [5, 5.41) is 4.14. The van der Waals surface area contributed by atoms with Gasteiger partial charge in [0.05, 0.1) is 16.8 Å². The van der Waals surface area contributed by atoms with Crippen LogP contribution >= 0.6 is 0 Å². The molecule has 1 heterocycles. The highest BCUT2D eigenvalue weighted by atomic mass is 32.2. The molecule has 0 aliphatic heterocycles. The Bertz CT molecular complexity index is 1520. The van der Waals surface area contributed by atoms with Crippen molar-refractivity contribution < 1.29 is 13.2 Å². The van der Waals surface area contributed by atoms with Gasteiger partial charge >= 0.3 is 0 Å². The molecule has 4 aromatic rings. The summed E-state index contributed by atoms with van der Waals surface area (Å²) < 4.78 is 29.0. The van der Waals surface area contributed by atoms with Crippen LogP contribution < -0.4 is 9.73 Å². The van der Waals surface area contributed by atoms with Crippen molar-refractivity contribution in [1.29, 1.82) is 0 Å². The van der Waals surface area contributed by atoms with Crippen LogP contribution in [-0.2, 0) is 10.0 Å². The predicted octanol–water partition coefficient (Wildman–Crippen LogP) is 4.99. The third-order valence-corrected chi connectivity index (χ3v) is 7.79. The quantitative estimate of drug-likeness (QED) is 0.287. The Hall–Kier alpha value is -4.17. The SMILES string of the molecule is Cc1cccc(-n2c(C)cc(/C=N\NC(=O)c3ccc(N(C)S(=O)(=O)c4ccccc4)cc3)c2C)c1. The van der Waals surface area contributed by atoms with Gasteiger partial charge in [0.1, 0.15) is 0 Å². The first-order chi connectivity index (χ1) is 17.2. The molecule has 0 fully saturated rings. The summed E-state index contributed by atoms with van der Waals surface area (Å²) in [5.41, 5.74) is 8.60. The van der Waals surface area contributed by atoms with Crippen LogP contribution in [0.4, 0.5) is 5.69 Å². The van der Waals surface area contributed by atoms with Crippen molar-refractivity contribution in [2.24, 2.45) is 5.10 Å². The lowest BCUT2D eigenvalue weighted by Crippen LogP contribution is -2.26. The molecule has 1 amide bonds. The molecule has 0 aliphatic rings. The molecule has 1 aromatic heterocycles. The molecule has 0 spiro atoms. The lowest BCUT2D eigenvalue weighted by molar-refractivity contribution is 0.0955. The molecule has 8 heteroatoms. The number of aryl methyl sites for hydroxylation is 2. The van der Waals surface area contributed by atoms with Crippen molar-refractivity contribution >= 4 is 27.8 Å². The fourth-order valence-electron chi connectivity index (χ4n) is 4.02. The average molecular weight is 501 g/mol. The Kier molecular flexibility index (Phi) is 7.07. The minimum Gasteiger partial charge on any atom is -0.318 e. The van der Waals surface area contributed by atoms with Gasteiger partial charge in [0.15, 0.2) is 0 Å². The number of amides is 1. The van der Waals surface area contributed by atoms with Crippen LogP contribution in [0.15, 0.2) is 94.9 Å². The Labute approximate surface area is 211 Å². The van der Waals surface area contributed by atoms with E-state index in [2.05, 4.69) is 40.2 Å². The fourth-order valence-corrected chi connectivity index (χ4v) is 5.24. The molecule has 7 nitrogen and oxygen atoms in total. The Morgan fingerprint density at radius 2 is 1.61 bits per heavy atom. The number of hydrogen-bond donors (Lipinski definition) is 1. The molecule has 0 radical (unpaired) electrons. The second-order valence-corrected chi connectivity index (χ2v) is 10.5. The number of aromatic nitrogens is 1. The molecule has 0 unspecified atom stereocenters. The Morgan fingerprint density at radius 1 is 0.917 bits per heavy atom. The highest BCUT2D eigenvalue weighted by molar-refractivity contribution is 7.92. The molecule has 0 aliphatic carbocycles. The number of benzene rings is 3. The third kappa shape index (κ3) is 5.08. The van der Waals surface area contributed by atoms with Crippen LogP contribution in [-0.4, -0.2) is 32.2 Å². The van der Waals surface area contributed by atoms with Gasteiger partial charge in [-0.05, 0) is 80.9 Å². The maximum absolute atomic E-state index is 12.8. The van der Waals surface area contributed by atoms with Gasteiger partial charge < -0.3 is 4.57 Å². The van der Waals surface area contributed by atoms with Crippen molar-refractivity contribution in [3.63, 3.8) is 0 Å². The summed E-state index contributed by atoms with van der Waals surface area (Å²) in [5.74, 6) is -0.390. The molecule has 36 heavy (non-hydrogen) atoms. The smallest absolute Gasteiger partial charge is 0.271 e. The largest absolute Gasteiger partial charge is 0.318 e. The first-order valence-corrected chi connectivity index (χ1v) is 12.9. The van der Waals surface area contributed by atoms with E-state index in [0.29, 0.717) is 11.3 Å². The van der Waals surface area contributed by atoms with Crippen molar-refractivity contribution in [2.75, 3.05) is 11.4 Å². The van der Waals surface area contributed by atoms with E-state index >= 15 is 0 Å². The highest BCUT2D eigenvalue weighted by Crippen LogP contribution is 2.23. The van der Waals surface area contributed by atoms with E-state index in [1.54, 1.807) is 60.8 Å². The number of carbonyl (C=O) groups excluding carboxylic acids is 1. The normalized spacial score (nSPS) is 11.6. The number of sulfonamides is 1. The molecule has 184 valence electrons. The molecule has 0 atom stereocenters. The molecule has 0 saturated carbocycles. The van der Waals surface area contributed by atoms with Crippen LogP contribution in [0.2, 0.25) is 0 Å². The van der Waals surface area contributed by atoms with Gasteiger partial charge in [-0.3, -0.25) is 9.10 Å². The van der Waals surface area contributed by atoms with Gasteiger partial charge in [-0.2, -0.15) is 5.10 Å². The van der Waals surface area contributed by atoms with Crippen LogP contribution in [0, 0.1) is 20.8 Å². The number of anilines is 1. The molecular formula is C28H28N4O3S. The van der Waals surface area contributed by atoms with E-state index in [1.165, 1.54) is 16.9 Å². The molecule has 0 saturated heterocycles. The van der Waals surface area contributed by atoms with Gasteiger partial charge in [0, 0.05) is 35.2 Å². The lowest BCUT2D eigenvalue weighted by atomic mass is 10.2. The second kappa shape index (κ2) is 10.2. The summed E-state index contributed by atoms with van der Waals surface area (Å²) in [6.45, 7) is 6.10. The Morgan fingerprint density at radius 3 is 2.28 bits per heavy atom. The number of rotatable bonds is 7. The van der Waals surface area contributed by atoms with E-state index in [0.717, 1.165) is 22.6 Å².